The van der Waals surface area contributed by atoms with Crippen LogP contribution in [0.25, 0.3) is 0 Å². The van der Waals surface area contributed by atoms with E-state index in [1.165, 1.54) is 6.20 Å². The van der Waals surface area contributed by atoms with E-state index in [9.17, 15) is 4.79 Å². The number of halogens is 1. The van der Waals surface area contributed by atoms with Crippen LogP contribution in [-0.4, -0.2) is 15.5 Å². The molecule has 0 saturated carbocycles. The van der Waals surface area contributed by atoms with Crippen molar-refractivity contribution in [2.75, 3.05) is 11.1 Å². The molecule has 2 heterocycles. The Kier molecular flexibility index (Phi) is 4.06. The highest BCUT2D eigenvalue weighted by Crippen LogP contribution is 2.15. The van der Waals surface area contributed by atoms with Gasteiger partial charge in [0.1, 0.15) is 10.8 Å². The Hall–Kier alpha value is -2.01. The molecular weight excluding hydrogens is 264 g/mol. The highest BCUT2D eigenvalue weighted by molar-refractivity contribution is 6.29. The molecule has 0 unspecified atom stereocenters. The summed E-state index contributed by atoms with van der Waals surface area (Å²) in [7, 11) is 0. The van der Waals surface area contributed by atoms with Gasteiger partial charge < -0.3 is 15.6 Å². The second kappa shape index (κ2) is 5.75. The van der Waals surface area contributed by atoms with Crippen LogP contribution in [0.5, 0.6) is 0 Å². The van der Waals surface area contributed by atoms with Crippen LogP contribution < -0.4 is 11.1 Å². The monoisotopic (exact) mass is 278 g/mol. The number of aromatic nitrogens is 2. The molecule has 0 fully saturated rings. The van der Waals surface area contributed by atoms with Crippen LogP contribution in [0.1, 0.15) is 23.8 Å². The Labute approximate surface area is 116 Å². The van der Waals surface area contributed by atoms with E-state index in [-0.39, 0.29) is 5.91 Å². The Morgan fingerprint density at radius 3 is 2.95 bits per heavy atom. The third-order valence-electron chi connectivity index (χ3n) is 2.60. The summed E-state index contributed by atoms with van der Waals surface area (Å²) in [6.07, 6.45) is 4.20. The highest BCUT2D eigenvalue weighted by Gasteiger charge is 2.12. The fraction of sp³-hybridized carbons (Fsp3) is 0.231. The highest BCUT2D eigenvalue weighted by atomic mass is 35.5. The minimum absolute atomic E-state index is 0.214. The maximum absolute atomic E-state index is 12.2. The van der Waals surface area contributed by atoms with Crippen LogP contribution in [0, 0.1) is 0 Å². The molecule has 0 aliphatic rings. The van der Waals surface area contributed by atoms with Crippen LogP contribution in [0.4, 0.5) is 11.4 Å². The van der Waals surface area contributed by atoms with Gasteiger partial charge in [-0.3, -0.25) is 4.79 Å². The lowest BCUT2D eigenvalue weighted by atomic mass is 10.3. The maximum Gasteiger partial charge on any atom is 0.272 e. The van der Waals surface area contributed by atoms with E-state index in [0.29, 0.717) is 22.2 Å². The Morgan fingerprint density at radius 1 is 1.53 bits per heavy atom. The van der Waals surface area contributed by atoms with Crippen molar-refractivity contribution < 1.29 is 4.79 Å². The number of hydrogen-bond donors (Lipinski definition) is 2. The Bertz CT molecular complexity index is 577. The number of rotatable bonds is 4. The number of nitrogens with zero attached hydrogens (tertiary/aromatic N) is 2. The number of nitrogens with two attached hydrogens (primary N) is 1. The predicted molar refractivity (Wildman–Crippen MR) is 76.3 cm³/mol. The normalized spacial score (nSPS) is 10.4. The molecule has 0 atom stereocenters. The maximum atomic E-state index is 12.2. The number of amides is 1. The number of nitrogens with one attached hydrogen (secondary N) is 1. The Morgan fingerprint density at radius 2 is 2.32 bits per heavy atom. The van der Waals surface area contributed by atoms with Gasteiger partial charge in [0.05, 0.1) is 17.6 Å². The van der Waals surface area contributed by atoms with E-state index in [1.54, 1.807) is 24.4 Å². The van der Waals surface area contributed by atoms with E-state index in [4.69, 9.17) is 17.3 Å². The number of hydrogen-bond acceptors (Lipinski definition) is 3. The predicted octanol–water partition coefficient (Wildman–Crippen LogP) is 2.78. The molecular formula is C13H15ClN4O. The van der Waals surface area contributed by atoms with Crippen LogP contribution in [-0.2, 0) is 6.54 Å². The fourth-order valence-corrected chi connectivity index (χ4v) is 1.91. The largest absolute Gasteiger partial charge is 0.397 e. The summed E-state index contributed by atoms with van der Waals surface area (Å²) in [6, 6.07) is 4.98. The zero-order chi connectivity index (χ0) is 13.8. The third-order valence-corrected chi connectivity index (χ3v) is 2.82. The molecule has 0 saturated heterocycles. The first-order valence-electron chi connectivity index (χ1n) is 5.98. The number of pyridine rings is 1. The van der Waals surface area contributed by atoms with Gasteiger partial charge in [-0.1, -0.05) is 18.5 Å². The molecule has 0 radical (unpaired) electrons. The molecule has 1 amide bonds. The lowest BCUT2D eigenvalue weighted by Crippen LogP contribution is -2.16. The molecule has 2 aromatic rings. The van der Waals surface area contributed by atoms with Gasteiger partial charge in [-0.05, 0) is 24.6 Å². The molecule has 0 spiro atoms. The minimum atomic E-state index is -0.214. The SMILES string of the molecule is CCCn1cc(N)cc1C(=O)Nc1ccc(Cl)nc1. The topological polar surface area (TPSA) is 72.9 Å². The van der Waals surface area contributed by atoms with Crippen LogP contribution >= 0.6 is 11.6 Å². The molecule has 6 heteroatoms. The molecule has 3 N–H and O–H groups in total. The van der Waals surface area contributed by atoms with Gasteiger partial charge >= 0.3 is 0 Å². The van der Waals surface area contributed by atoms with Crippen molar-refractivity contribution >= 4 is 28.9 Å². The van der Waals surface area contributed by atoms with E-state index in [2.05, 4.69) is 10.3 Å². The summed E-state index contributed by atoms with van der Waals surface area (Å²) in [5, 5.41) is 3.15. The number of anilines is 2. The van der Waals surface area contributed by atoms with Crippen molar-refractivity contribution in [1.82, 2.24) is 9.55 Å². The first kappa shape index (κ1) is 13.4. The zero-order valence-electron chi connectivity index (χ0n) is 10.6. The Balaban J connectivity index is 2.17. The van der Waals surface area contributed by atoms with E-state index < -0.39 is 0 Å². The molecule has 5 nitrogen and oxygen atoms in total. The number of carbonyl (C=O) groups excluding carboxylic acids is 1. The number of carbonyl (C=O) groups is 1. The van der Waals surface area contributed by atoms with E-state index in [0.717, 1.165) is 13.0 Å². The van der Waals surface area contributed by atoms with Crippen molar-refractivity contribution in [3.05, 3.63) is 41.4 Å². The van der Waals surface area contributed by atoms with Crippen molar-refractivity contribution in [3.63, 3.8) is 0 Å². The molecule has 0 aliphatic carbocycles. The van der Waals surface area contributed by atoms with E-state index >= 15 is 0 Å². The van der Waals surface area contributed by atoms with Crippen molar-refractivity contribution in [2.45, 2.75) is 19.9 Å². The molecule has 0 aromatic carbocycles. The smallest absolute Gasteiger partial charge is 0.272 e. The average molecular weight is 279 g/mol. The summed E-state index contributed by atoms with van der Waals surface area (Å²) in [4.78, 5) is 16.1. The van der Waals surface area contributed by atoms with Crippen molar-refractivity contribution in [1.29, 1.82) is 0 Å². The molecule has 19 heavy (non-hydrogen) atoms. The summed E-state index contributed by atoms with van der Waals surface area (Å²) in [5.41, 5.74) is 7.44. The molecule has 100 valence electrons. The molecule has 2 rings (SSSR count). The van der Waals surface area contributed by atoms with Crippen LogP contribution in [0.3, 0.4) is 0 Å². The van der Waals surface area contributed by atoms with Crippen LogP contribution in [0.15, 0.2) is 30.6 Å². The molecule has 0 bridgehead atoms. The zero-order valence-corrected chi connectivity index (χ0v) is 11.3. The standard InChI is InChI=1S/C13H15ClN4O/c1-2-5-18-8-9(15)6-11(18)13(19)17-10-3-4-12(14)16-7-10/h3-4,6-8H,2,5,15H2,1H3,(H,17,19). The second-order valence-electron chi connectivity index (χ2n) is 4.18. The van der Waals surface area contributed by atoms with Gasteiger partial charge in [-0.2, -0.15) is 0 Å². The second-order valence-corrected chi connectivity index (χ2v) is 4.56. The van der Waals surface area contributed by atoms with Crippen LogP contribution in [0.2, 0.25) is 5.15 Å². The fourth-order valence-electron chi connectivity index (χ4n) is 1.79. The quantitative estimate of drug-likeness (QED) is 0.845. The molecule has 0 aliphatic heterocycles. The van der Waals surface area contributed by atoms with Gasteiger partial charge in [0.15, 0.2) is 0 Å². The third kappa shape index (κ3) is 3.26. The van der Waals surface area contributed by atoms with Gasteiger partial charge in [0.25, 0.3) is 5.91 Å². The number of aryl methyl sites for hydroxylation is 1. The average Bonchev–Trinajstić information content (AvgIpc) is 2.74. The summed E-state index contributed by atoms with van der Waals surface area (Å²) in [5.74, 6) is -0.214. The van der Waals surface area contributed by atoms with Gasteiger partial charge in [-0.15, -0.1) is 0 Å². The number of nitrogen functional groups attached to an aromatic ring is 1. The summed E-state index contributed by atoms with van der Waals surface area (Å²) >= 11 is 5.69. The van der Waals surface area contributed by atoms with Gasteiger partial charge in [0.2, 0.25) is 0 Å². The van der Waals surface area contributed by atoms with Crippen molar-refractivity contribution in [2.24, 2.45) is 0 Å². The minimum Gasteiger partial charge on any atom is -0.397 e. The van der Waals surface area contributed by atoms with Crippen molar-refractivity contribution in [3.8, 4) is 0 Å². The van der Waals surface area contributed by atoms with Gasteiger partial charge in [-0.25, -0.2) is 4.98 Å². The molecule has 2 aromatic heterocycles. The first-order chi connectivity index (χ1) is 9.10. The van der Waals surface area contributed by atoms with Gasteiger partial charge in [0, 0.05) is 12.7 Å². The lowest BCUT2D eigenvalue weighted by molar-refractivity contribution is 0.101. The summed E-state index contributed by atoms with van der Waals surface area (Å²) in [6.45, 7) is 2.79. The first-order valence-corrected chi connectivity index (χ1v) is 6.36. The van der Waals surface area contributed by atoms with E-state index in [1.807, 2.05) is 11.5 Å². The summed E-state index contributed by atoms with van der Waals surface area (Å²) < 4.78 is 1.84. The lowest BCUT2D eigenvalue weighted by Gasteiger charge is -2.08.